The highest BCUT2D eigenvalue weighted by Gasteiger charge is 2.21. The Kier molecular flexibility index (Phi) is 3.61. The summed E-state index contributed by atoms with van der Waals surface area (Å²) in [6.07, 6.45) is 0. The molecule has 1 aromatic rings. The number of carbonyl (C=O) groups excluding carboxylic acids is 1. The number of carbonyl (C=O) groups is 1. The Labute approximate surface area is 99.5 Å². The maximum Gasteiger partial charge on any atom is 0.176 e. The molecule has 17 heavy (non-hydrogen) atoms. The van der Waals surface area contributed by atoms with Crippen LogP contribution in [0.15, 0.2) is 12.1 Å². The van der Waals surface area contributed by atoms with Gasteiger partial charge in [0.2, 0.25) is 0 Å². The van der Waals surface area contributed by atoms with E-state index in [0.717, 1.165) is 0 Å². The van der Waals surface area contributed by atoms with E-state index < -0.39 is 0 Å². The predicted molar refractivity (Wildman–Crippen MR) is 61.5 cm³/mol. The second-order valence-electron chi connectivity index (χ2n) is 3.68. The lowest BCUT2D eigenvalue weighted by molar-refractivity contribution is 0.0993. The number of methoxy groups -OCH3 is 1. The third kappa shape index (κ3) is 2.25. The van der Waals surface area contributed by atoms with Gasteiger partial charge in [-0.15, -0.1) is 0 Å². The lowest BCUT2D eigenvalue weighted by atomic mass is 10.0. The first-order valence-electron chi connectivity index (χ1n) is 5.41. The molecule has 0 amide bonds. The van der Waals surface area contributed by atoms with E-state index in [-0.39, 0.29) is 12.3 Å². The molecule has 0 fully saturated rings. The molecule has 1 aliphatic heterocycles. The summed E-state index contributed by atoms with van der Waals surface area (Å²) in [5, 5.41) is 0. The number of hydrogen-bond acceptors (Lipinski definition) is 5. The van der Waals surface area contributed by atoms with E-state index in [0.29, 0.717) is 42.4 Å². The Morgan fingerprint density at radius 2 is 2.18 bits per heavy atom. The van der Waals surface area contributed by atoms with Gasteiger partial charge in [-0.05, 0) is 12.1 Å². The van der Waals surface area contributed by atoms with Crippen LogP contribution in [0.2, 0.25) is 0 Å². The summed E-state index contributed by atoms with van der Waals surface area (Å²) in [4.78, 5) is 11.7. The van der Waals surface area contributed by atoms with Crippen LogP contribution in [0.25, 0.3) is 0 Å². The van der Waals surface area contributed by atoms with Gasteiger partial charge in [-0.3, -0.25) is 4.79 Å². The van der Waals surface area contributed by atoms with Gasteiger partial charge in [-0.1, -0.05) is 0 Å². The first-order chi connectivity index (χ1) is 8.27. The Balaban J connectivity index is 2.49. The van der Waals surface area contributed by atoms with Crippen LogP contribution in [-0.2, 0) is 11.3 Å². The molecule has 5 heteroatoms. The lowest BCUT2D eigenvalue weighted by Crippen LogP contribution is -2.20. The number of benzene rings is 1. The van der Waals surface area contributed by atoms with Gasteiger partial charge < -0.3 is 19.9 Å². The molecule has 2 rings (SSSR count). The summed E-state index contributed by atoms with van der Waals surface area (Å²) in [5.41, 5.74) is 6.63. The first kappa shape index (κ1) is 11.9. The van der Waals surface area contributed by atoms with Gasteiger partial charge in [-0.25, -0.2) is 0 Å². The average Bonchev–Trinajstić information content (AvgIpc) is 2.38. The maximum atomic E-state index is 11.7. The summed E-state index contributed by atoms with van der Waals surface area (Å²) in [5.74, 6) is 1.11. The van der Waals surface area contributed by atoms with Crippen molar-refractivity contribution in [2.24, 2.45) is 5.73 Å². The Bertz CT molecular complexity index is 431. The number of fused-ring (bicyclic) bond motifs is 1. The van der Waals surface area contributed by atoms with Crippen LogP contribution in [0.5, 0.6) is 11.5 Å². The summed E-state index contributed by atoms with van der Waals surface area (Å²) < 4.78 is 16.1. The van der Waals surface area contributed by atoms with Crippen molar-refractivity contribution in [1.82, 2.24) is 0 Å². The molecule has 1 aliphatic rings. The van der Waals surface area contributed by atoms with Crippen LogP contribution in [0.1, 0.15) is 15.9 Å². The molecule has 0 bridgehead atoms. The SMILES string of the molecule is COCc1c(C(=O)CN)ccc2c1OCCO2. The third-order valence-corrected chi connectivity index (χ3v) is 2.59. The molecule has 0 radical (unpaired) electrons. The molecule has 1 heterocycles. The first-order valence-corrected chi connectivity index (χ1v) is 5.41. The number of ether oxygens (including phenoxy) is 3. The van der Waals surface area contributed by atoms with Gasteiger partial charge in [-0.2, -0.15) is 0 Å². The number of ketones is 1. The lowest BCUT2D eigenvalue weighted by Gasteiger charge is -2.22. The smallest absolute Gasteiger partial charge is 0.176 e. The van der Waals surface area contributed by atoms with Gasteiger partial charge >= 0.3 is 0 Å². The van der Waals surface area contributed by atoms with Crippen LogP contribution < -0.4 is 15.2 Å². The van der Waals surface area contributed by atoms with Crippen molar-refractivity contribution in [2.75, 3.05) is 26.9 Å². The molecule has 1 aromatic carbocycles. The van der Waals surface area contributed by atoms with Gasteiger partial charge in [0.15, 0.2) is 17.3 Å². The predicted octanol–water partition coefficient (Wildman–Crippen LogP) is 0.746. The zero-order chi connectivity index (χ0) is 12.3. The Hall–Kier alpha value is -1.59. The van der Waals surface area contributed by atoms with Crippen LogP contribution in [0, 0.1) is 0 Å². The summed E-state index contributed by atoms with van der Waals surface area (Å²) in [6.45, 7) is 1.26. The summed E-state index contributed by atoms with van der Waals surface area (Å²) in [6, 6.07) is 3.44. The van der Waals surface area contributed by atoms with Gasteiger partial charge in [0.1, 0.15) is 13.2 Å². The average molecular weight is 237 g/mol. The van der Waals surface area contributed by atoms with Crippen LogP contribution >= 0.6 is 0 Å². The van der Waals surface area contributed by atoms with Crippen LogP contribution in [0.3, 0.4) is 0 Å². The van der Waals surface area contributed by atoms with Crippen molar-refractivity contribution in [3.8, 4) is 11.5 Å². The topological polar surface area (TPSA) is 70.8 Å². The van der Waals surface area contributed by atoms with Crippen LogP contribution in [0.4, 0.5) is 0 Å². The highest BCUT2D eigenvalue weighted by Crippen LogP contribution is 2.36. The fourth-order valence-corrected chi connectivity index (χ4v) is 1.83. The number of rotatable bonds is 4. The van der Waals surface area contributed by atoms with Crippen molar-refractivity contribution in [1.29, 1.82) is 0 Å². The van der Waals surface area contributed by atoms with Crippen molar-refractivity contribution >= 4 is 5.78 Å². The van der Waals surface area contributed by atoms with Gasteiger partial charge in [0, 0.05) is 18.2 Å². The van der Waals surface area contributed by atoms with E-state index >= 15 is 0 Å². The highest BCUT2D eigenvalue weighted by atomic mass is 16.6. The van der Waals surface area contributed by atoms with E-state index in [4.69, 9.17) is 19.9 Å². The monoisotopic (exact) mass is 237 g/mol. The molecule has 0 saturated carbocycles. The third-order valence-electron chi connectivity index (χ3n) is 2.59. The van der Waals surface area contributed by atoms with Crippen molar-refractivity contribution in [3.63, 3.8) is 0 Å². The molecule has 2 N–H and O–H groups in total. The van der Waals surface area contributed by atoms with Crippen LogP contribution in [-0.4, -0.2) is 32.7 Å². The fourth-order valence-electron chi connectivity index (χ4n) is 1.83. The van der Waals surface area contributed by atoms with E-state index in [1.165, 1.54) is 0 Å². The molecule has 0 aromatic heterocycles. The molecule has 0 spiro atoms. The standard InChI is InChI=1S/C12H15NO4/c1-15-7-9-8(10(14)6-13)2-3-11-12(9)17-5-4-16-11/h2-3H,4-7,13H2,1H3. The van der Waals surface area contributed by atoms with Crippen molar-refractivity contribution in [2.45, 2.75) is 6.61 Å². The quantitative estimate of drug-likeness (QED) is 0.782. The zero-order valence-electron chi connectivity index (χ0n) is 9.69. The van der Waals surface area contributed by atoms with Crippen molar-refractivity contribution in [3.05, 3.63) is 23.3 Å². The molecule has 0 aliphatic carbocycles. The van der Waals surface area contributed by atoms with Gasteiger partial charge in [0.05, 0.1) is 13.2 Å². The molecule has 0 saturated heterocycles. The summed E-state index contributed by atoms with van der Waals surface area (Å²) in [7, 11) is 1.57. The largest absolute Gasteiger partial charge is 0.486 e. The molecular formula is C12H15NO4. The minimum Gasteiger partial charge on any atom is -0.486 e. The fraction of sp³-hybridized carbons (Fsp3) is 0.417. The Morgan fingerprint density at radius 1 is 1.41 bits per heavy atom. The minimum atomic E-state index is -0.131. The zero-order valence-corrected chi connectivity index (χ0v) is 9.69. The van der Waals surface area contributed by atoms with E-state index in [1.807, 2.05) is 0 Å². The molecule has 0 atom stereocenters. The second-order valence-corrected chi connectivity index (χ2v) is 3.68. The van der Waals surface area contributed by atoms with E-state index in [2.05, 4.69) is 0 Å². The summed E-state index contributed by atoms with van der Waals surface area (Å²) >= 11 is 0. The molecular weight excluding hydrogens is 222 g/mol. The van der Waals surface area contributed by atoms with Crippen molar-refractivity contribution < 1.29 is 19.0 Å². The molecule has 0 unspecified atom stereocenters. The van der Waals surface area contributed by atoms with E-state index in [9.17, 15) is 4.79 Å². The minimum absolute atomic E-state index is 0.0314. The molecule has 92 valence electrons. The number of nitrogens with two attached hydrogens (primary N) is 1. The normalized spacial score (nSPS) is 13.5. The number of hydrogen-bond donors (Lipinski definition) is 1. The van der Waals surface area contributed by atoms with Gasteiger partial charge in [0.25, 0.3) is 0 Å². The Morgan fingerprint density at radius 3 is 2.88 bits per heavy atom. The molecule has 5 nitrogen and oxygen atoms in total. The maximum absolute atomic E-state index is 11.7. The second kappa shape index (κ2) is 5.16. The van der Waals surface area contributed by atoms with E-state index in [1.54, 1.807) is 19.2 Å². The highest BCUT2D eigenvalue weighted by molar-refractivity contribution is 5.99. The number of Topliss-reactive ketones (excluding diaryl/α,β-unsaturated/α-hetero) is 1.